The van der Waals surface area contributed by atoms with Crippen LogP contribution in [0.2, 0.25) is 0 Å². The molecule has 0 aromatic heterocycles. The highest BCUT2D eigenvalue weighted by molar-refractivity contribution is 9.10. The Morgan fingerprint density at radius 2 is 1.75 bits per heavy atom. The van der Waals surface area contributed by atoms with Gasteiger partial charge < -0.3 is 9.84 Å². The van der Waals surface area contributed by atoms with Gasteiger partial charge in [-0.3, -0.25) is 4.90 Å². The molecule has 0 aliphatic carbocycles. The van der Waals surface area contributed by atoms with Crippen LogP contribution >= 0.6 is 15.9 Å². The minimum Gasteiger partial charge on any atom is -0.385 e. The number of morpholine rings is 1. The van der Waals surface area contributed by atoms with E-state index in [9.17, 15) is 5.11 Å². The molecular formula is C20H24BrNO2. The monoisotopic (exact) mass is 389 g/mol. The molecule has 0 amide bonds. The van der Waals surface area contributed by atoms with Gasteiger partial charge in [0.25, 0.3) is 0 Å². The van der Waals surface area contributed by atoms with Crippen LogP contribution in [0, 0.1) is 0 Å². The fourth-order valence-corrected chi connectivity index (χ4v) is 3.56. The van der Waals surface area contributed by atoms with E-state index in [1.165, 1.54) is 0 Å². The van der Waals surface area contributed by atoms with Gasteiger partial charge in [0.05, 0.1) is 18.8 Å². The molecule has 2 aromatic carbocycles. The van der Waals surface area contributed by atoms with E-state index in [1.807, 2.05) is 37.3 Å². The zero-order chi connectivity index (χ0) is 17.0. The standard InChI is InChI=1S/C20H24BrNO2/c1-20(23,10-11-22-12-14-24-15-13-22)17-8-6-16(7-9-17)18-4-2-3-5-19(18)21/h2-9,23H,10-15H2,1H3. The normalized spacial score (nSPS) is 18.3. The zero-order valence-corrected chi connectivity index (χ0v) is 15.6. The maximum atomic E-state index is 10.9. The number of hydrogen-bond donors (Lipinski definition) is 1. The highest BCUT2D eigenvalue weighted by Crippen LogP contribution is 2.31. The summed E-state index contributed by atoms with van der Waals surface area (Å²) in [4.78, 5) is 2.35. The Morgan fingerprint density at radius 1 is 1.08 bits per heavy atom. The summed E-state index contributed by atoms with van der Waals surface area (Å²) < 4.78 is 6.45. The Morgan fingerprint density at radius 3 is 2.42 bits per heavy atom. The molecule has 0 saturated carbocycles. The van der Waals surface area contributed by atoms with Gasteiger partial charge in [0.15, 0.2) is 0 Å². The average Bonchev–Trinajstić information content (AvgIpc) is 2.62. The summed E-state index contributed by atoms with van der Waals surface area (Å²) in [6.07, 6.45) is 0.724. The highest BCUT2D eigenvalue weighted by atomic mass is 79.9. The first-order valence-electron chi connectivity index (χ1n) is 8.44. The fourth-order valence-electron chi connectivity index (χ4n) is 3.05. The molecule has 1 N–H and O–H groups in total. The molecule has 2 aromatic rings. The zero-order valence-electron chi connectivity index (χ0n) is 14.0. The molecule has 1 heterocycles. The molecule has 1 aliphatic rings. The first-order valence-corrected chi connectivity index (χ1v) is 9.23. The second-order valence-corrected chi connectivity index (χ2v) is 7.39. The van der Waals surface area contributed by atoms with Crippen LogP contribution in [0.3, 0.4) is 0 Å². The Kier molecular flexibility index (Phi) is 5.72. The van der Waals surface area contributed by atoms with Crippen LogP contribution in [0.5, 0.6) is 0 Å². The van der Waals surface area contributed by atoms with Crippen molar-refractivity contribution < 1.29 is 9.84 Å². The van der Waals surface area contributed by atoms with Crippen LogP contribution in [0.25, 0.3) is 11.1 Å². The lowest BCUT2D eigenvalue weighted by Gasteiger charge is -2.31. The third-order valence-corrected chi connectivity index (χ3v) is 5.40. The molecule has 24 heavy (non-hydrogen) atoms. The lowest BCUT2D eigenvalue weighted by molar-refractivity contribution is 0.00549. The van der Waals surface area contributed by atoms with E-state index in [0.29, 0.717) is 0 Å². The quantitative estimate of drug-likeness (QED) is 0.836. The van der Waals surface area contributed by atoms with E-state index in [1.54, 1.807) is 0 Å². The third-order valence-electron chi connectivity index (χ3n) is 4.71. The van der Waals surface area contributed by atoms with Crippen molar-refractivity contribution in [3.63, 3.8) is 0 Å². The number of ether oxygens (including phenoxy) is 1. The average molecular weight is 390 g/mol. The molecule has 1 aliphatic heterocycles. The Balaban J connectivity index is 1.68. The number of hydrogen-bond acceptors (Lipinski definition) is 3. The molecule has 1 fully saturated rings. The van der Waals surface area contributed by atoms with Gasteiger partial charge in [-0.1, -0.05) is 58.4 Å². The molecular weight excluding hydrogens is 366 g/mol. The molecule has 1 atom stereocenters. The van der Waals surface area contributed by atoms with Gasteiger partial charge >= 0.3 is 0 Å². The second-order valence-electron chi connectivity index (χ2n) is 6.54. The molecule has 4 heteroatoms. The Labute approximate surface area is 152 Å². The van der Waals surface area contributed by atoms with Crippen LogP contribution in [-0.2, 0) is 10.3 Å². The predicted molar refractivity (Wildman–Crippen MR) is 101 cm³/mol. The molecule has 0 bridgehead atoms. The first kappa shape index (κ1) is 17.6. The number of halogens is 1. The lowest BCUT2D eigenvalue weighted by atomic mass is 9.90. The van der Waals surface area contributed by atoms with E-state index in [4.69, 9.17) is 4.74 Å². The summed E-state index contributed by atoms with van der Waals surface area (Å²) in [5.41, 5.74) is 2.46. The van der Waals surface area contributed by atoms with E-state index in [-0.39, 0.29) is 0 Å². The van der Waals surface area contributed by atoms with E-state index in [2.05, 4.69) is 39.0 Å². The van der Waals surface area contributed by atoms with Crippen molar-refractivity contribution in [1.29, 1.82) is 0 Å². The van der Waals surface area contributed by atoms with E-state index in [0.717, 1.165) is 60.4 Å². The van der Waals surface area contributed by atoms with Crippen molar-refractivity contribution in [1.82, 2.24) is 4.90 Å². The van der Waals surface area contributed by atoms with Gasteiger partial charge in [-0.15, -0.1) is 0 Å². The smallest absolute Gasteiger partial charge is 0.0880 e. The molecule has 0 spiro atoms. The number of aliphatic hydroxyl groups is 1. The SMILES string of the molecule is CC(O)(CCN1CCOCC1)c1ccc(-c2ccccc2Br)cc1. The molecule has 0 radical (unpaired) electrons. The van der Waals surface area contributed by atoms with Crippen molar-refractivity contribution in [3.05, 3.63) is 58.6 Å². The second kappa shape index (κ2) is 7.79. The number of rotatable bonds is 5. The van der Waals surface area contributed by atoms with Gasteiger partial charge in [-0.25, -0.2) is 0 Å². The summed E-state index contributed by atoms with van der Waals surface area (Å²) in [5.74, 6) is 0. The third kappa shape index (κ3) is 4.25. The molecule has 128 valence electrons. The van der Waals surface area contributed by atoms with Crippen LogP contribution in [0.4, 0.5) is 0 Å². The van der Waals surface area contributed by atoms with Crippen LogP contribution in [0.1, 0.15) is 18.9 Å². The van der Waals surface area contributed by atoms with E-state index < -0.39 is 5.60 Å². The topological polar surface area (TPSA) is 32.7 Å². The van der Waals surface area contributed by atoms with Crippen LogP contribution < -0.4 is 0 Å². The molecule has 3 nitrogen and oxygen atoms in total. The predicted octanol–water partition coefficient (Wildman–Crippen LogP) is 4.05. The van der Waals surface area contributed by atoms with Crippen molar-refractivity contribution in [2.75, 3.05) is 32.8 Å². The fraction of sp³-hybridized carbons (Fsp3) is 0.400. The van der Waals surface area contributed by atoms with Crippen LogP contribution in [0.15, 0.2) is 53.0 Å². The van der Waals surface area contributed by atoms with Gasteiger partial charge in [0.1, 0.15) is 0 Å². The van der Waals surface area contributed by atoms with Crippen molar-refractivity contribution >= 4 is 15.9 Å². The summed E-state index contributed by atoms with van der Waals surface area (Å²) >= 11 is 3.59. The summed E-state index contributed by atoms with van der Waals surface area (Å²) in [6, 6.07) is 16.4. The van der Waals surface area contributed by atoms with Gasteiger partial charge in [-0.2, -0.15) is 0 Å². The van der Waals surface area contributed by atoms with Crippen LogP contribution in [-0.4, -0.2) is 42.9 Å². The lowest BCUT2D eigenvalue weighted by Crippen LogP contribution is -2.39. The number of benzene rings is 2. The van der Waals surface area contributed by atoms with Crippen molar-refractivity contribution in [3.8, 4) is 11.1 Å². The molecule has 3 rings (SSSR count). The largest absolute Gasteiger partial charge is 0.385 e. The summed E-state index contributed by atoms with van der Waals surface area (Å²) in [5, 5.41) is 10.9. The Bertz CT molecular complexity index is 664. The minimum atomic E-state index is -0.815. The van der Waals surface area contributed by atoms with Crippen molar-refractivity contribution in [2.24, 2.45) is 0 Å². The molecule has 1 saturated heterocycles. The maximum absolute atomic E-state index is 10.9. The minimum absolute atomic E-state index is 0.724. The Hall–Kier alpha value is -1.20. The summed E-state index contributed by atoms with van der Waals surface area (Å²) in [6.45, 7) is 6.29. The highest BCUT2D eigenvalue weighted by Gasteiger charge is 2.24. The van der Waals surface area contributed by atoms with Crippen molar-refractivity contribution in [2.45, 2.75) is 18.9 Å². The van der Waals surface area contributed by atoms with Gasteiger partial charge in [-0.05, 0) is 36.1 Å². The number of nitrogens with zero attached hydrogens (tertiary/aromatic N) is 1. The van der Waals surface area contributed by atoms with Gasteiger partial charge in [0, 0.05) is 24.1 Å². The maximum Gasteiger partial charge on any atom is 0.0880 e. The van der Waals surface area contributed by atoms with Gasteiger partial charge in [0.2, 0.25) is 0 Å². The first-order chi connectivity index (χ1) is 11.6. The van der Waals surface area contributed by atoms with E-state index >= 15 is 0 Å². The molecule has 1 unspecified atom stereocenters. The summed E-state index contributed by atoms with van der Waals surface area (Å²) in [7, 11) is 0.